The van der Waals surface area contributed by atoms with Crippen LogP contribution in [0.2, 0.25) is 0 Å². The Kier molecular flexibility index (Phi) is 4.92. The van der Waals surface area contributed by atoms with Crippen LogP contribution in [-0.2, 0) is 11.8 Å². The fourth-order valence-corrected chi connectivity index (χ4v) is 4.90. The Morgan fingerprint density at radius 1 is 1.39 bits per heavy atom. The van der Waals surface area contributed by atoms with Crippen molar-refractivity contribution in [1.82, 2.24) is 20.6 Å². The monoisotopic (exact) mass is 378 g/mol. The van der Waals surface area contributed by atoms with Crippen molar-refractivity contribution in [1.29, 1.82) is 5.26 Å². The number of carbonyl (C=O) groups is 1. The molecular weight excluding hydrogens is 352 g/mol. The molecule has 4 unspecified atom stereocenters. The number of rotatable bonds is 3. The lowest BCUT2D eigenvalue weighted by Crippen LogP contribution is -2.62. The van der Waals surface area contributed by atoms with E-state index in [0.717, 1.165) is 41.6 Å². The number of amides is 1. The molecule has 1 saturated heterocycles. The summed E-state index contributed by atoms with van der Waals surface area (Å²) >= 11 is 0. The maximum Gasteiger partial charge on any atom is 0.237 e. The van der Waals surface area contributed by atoms with Crippen molar-refractivity contribution < 1.29 is 4.79 Å². The molecule has 1 aliphatic heterocycles. The van der Waals surface area contributed by atoms with Crippen LogP contribution >= 0.6 is 0 Å². The predicted octanol–water partition coefficient (Wildman–Crippen LogP) is 1.73. The third-order valence-electron chi connectivity index (χ3n) is 6.35. The van der Waals surface area contributed by atoms with E-state index >= 15 is 0 Å². The molecule has 4 rings (SSSR count). The molecule has 4 atom stereocenters. The molecule has 146 valence electrons. The first kappa shape index (κ1) is 18.7. The molecule has 1 saturated carbocycles. The number of aryl methyl sites for hydroxylation is 2. The van der Waals surface area contributed by atoms with Gasteiger partial charge in [0.05, 0.1) is 23.5 Å². The number of nitrogens with two attached hydrogens (primary N) is 1. The van der Waals surface area contributed by atoms with Gasteiger partial charge in [0.2, 0.25) is 5.91 Å². The maximum atomic E-state index is 12.3. The molecule has 7 heteroatoms. The largest absolute Gasteiger partial charge is 0.329 e. The summed E-state index contributed by atoms with van der Waals surface area (Å²) in [6.07, 6.45) is 4.58. The van der Waals surface area contributed by atoms with Gasteiger partial charge in [-0.05, 0) is 49.7 Å². The predicted molar refractivity (Wildman–Crippen MR) is 106 cm³/mol. The quantitative estimate of drug-likeness (QED) is 0.754. The van der Waals surface area contributed by atoms with E-state index in [2.05, 4.69) is 22.0 Å². The molecule has 1 amide bonds. The van der Waals surface area contributed by atoms with E-state index in [-0.39, 0.29) is 23.8 Å². The third-order valence-corrected chi connectivity index (χ3v) is 6.35. The maximum absolute atomic E-state index is 12.3. The molecule has 7 nitrogen and oxygen atoms in total. The lowest BCUT2D eigenvalue weighted by molar-refractivity contribution is -0.133. The van der Waals surface area contributed by atoms with Gasteiger partial charge in [-0.2, -0.15) is 10.4 Å². The van der Waals surface area contributed by atoms with E-state index in [0.29, 0.717) is 18.0 Å². The molecule has 2 heterocycles. The van der Waals surface area contributed by atoms with Crippen molar-refractivity contribution in [3.05, 3.63) is 41.1 Å². The van der Waals surface area contributed by atoms with Crippen molar-refractivity contribution in [3.8, 4) is 17.3 Å². The average Bonchev–Trinajstić information content (AvgIpc) is 3.09. The third kappa shape index (κ3) is 3.09. The average molecular weight is 378 g/mol. The molecule has 0 spiro atoms. The zero-order valence-electron chi connectivity index (χ0n) is 16.3. The van der Waals surface area contributed by atoms with Crippen LogP contribution in [-0.4, -0.2) is 28.3 Å². The summed E-state index contributed by atoms with van der Waals surface area (Å²) in [6, 6.07) is 8.37. The van der Waals surface area contributed by atoms with Gasteiger partial charge in [-0.15, -0.1) is 0 Å². The molecule has 2 fully saturated rings. The van der Waals surface area contributed by atoms with Crippen LogP contribution in [0.25, 0.3) is 11.3 Å². The number of carbonyl (C=O) groups excluding carboxylic acids is 1. The normalized spacial score (nSPS) is 27.0. The summed E-state index contributed by atoms with van der Waals surface area (Å²) in [5.74, 6) is 0.587. The van der Waals surface area contributed by atoms with E-state index in [9.17, 15) is 10.1 Å². The minimum Gasteiger partial charge on any atom is -0.329 e. The van der Waals surface area contributed by atoms with Gasteiger partial charge in [0.15, 0.2) is 0 Å². The number of hydrogen-bond acceptors (Lipinski definition) is 5. The van der Waals surface area contributed by atoms with Gasteiger partial charge in [-0.25, -0.2) is 5.43 Å². The van der Waals surface area contributed by atoms with Crippen LogP contribution in [0.3, 0.4) is 0 Å². The minimum atomic E-state index is 0.0141. The minimum absolute atomic E-state index is 0.0141. The van der Waals surface area contributed by atoms with Crippen molar-refractivity contribution in [2.75, 3.05) is 6.54 Å². The van der Waals surface area contributed by atoms with Gasteiger partial charge in [0.25, 0.3) is 0 Å². The van der Waals surface area contributed by atoms with Crippen LogP contribution in [0.5, 0.6) is 0 Å². The van der Waals surface area contributed by atoms with E-state index in [1.165, 1.54) is 0 Å². The number of nitrogens with one attached hydrogen (secondary N) is 2. The van der Waals surface area contributed by atoms with Gasteiger partial charge in [-0.1, -0.05) is 12.1 Å². The standard InChI is InChI=1S/C21H26N6O/c1-12-3-5-15(14(7-12)9-22)20-18(11-24-27(20)2)13-4-6-16-17(8-13)19(10-23)25-26-21(16)28/h3,5,7,11,13,16-17,19,25H,4,6,8,10,23H2,1-2H3,(H,26,28). The zero-order chi connectivity index (χ0) is 19.8. The number of nitrogens with zero attached hydrogens (tertiary/aromatic N) is 3. The van der Waals surface area contributed by atoms with Gasteiger partial charge in [0.1, 0.15) is 0 Å². The number of hydrogen-bond donors (Lipinski definition) is 3. The Hall–Kier alpha value is -2.69. The first-order valence-electron chi connectivity index (χ1n) is 9.82. The summed E-state index contributed by atoms with van der Waals surface area (Å²) in [5, 5.41) is 14.1. The zero-order valence-corrected chi connectivity index (χ0v) is 16.3. The molecule has 1 aromatic heterocycles. The molecule has 0 bridgehead atoms. The number of aromatic nitrogens is 2. The van der Waals surface area contributed by atoms with Crippen LogP contribution < -0.4 is 16.6 Å². The van der Waals surface area contributed by atoms with Crippen molar-refractivity contribution in [3.63, 3.8) is 0 Å². The van der Waals surface area contributed by atoms with E-state index in [1.807, 2.05) is 43.0 Å². The highest BCUT2D eigenvalue weighted by atomic mass is 16.2. The molecule has 0 radical (unpaired) electrons. The van der Waals surface area contributed by atoms with Gasteiger partial charge >= 0.3 is 0 Å². The second kappa shape index (κ2) is 7.38. The lowest BCUT2D eigenvalue weighted by atomic mass is 9.68. The van der Waals surface area contributed by atoms with Crippen LogP contribution in [0.1, 0.15) is 41.9 Å². The molecule has 1 aliphatic carbocycles. The Morgan fingerprint density at radius 3 is 2.96 bits per heavy atom. The molecular formula is C21H26N6O. The number of fused-ring (bicyclic) bond motifs is 1. The van der Waals surface area contributed by atoms with E-state index in [4.69, 9.17) is 5.73 Å². The smallest absolute Gasteiger partial charge is 0.237 e. The Labute approximate surface area is 164 Å². The van der Waals surface area contributed by atoms with Crippen molar-refractivity contribution >= 4 is 5.91 Å². The second-order valence-corrected chi connectivity index (χ2v) is 7.99. The number of benzene rings is 1. The SMILES string of the molecule is Cc1ccc(-c2c(C3CCC4C(=O)NNC(CN)C4C3)cnn2C)c(C#N)c1. The Balaban J connectivity index is 1.70. The highest BCUT2D eigenvalue weighted by molar-refractivity contribution is 5.79. The van der Waals surface area contributed by atoms with Crippen LogP contribution in [0.15, 0.2) is 24.4 Å². The molecule has 2 aromatic rings. The summed E-state index contributed by atoms with van der Waals surface area (Å²) < 4.78 is 1.86. The first-order valence-corrected chi connectivity index (χ1v) is 9.82. The van der Waals surface area contributed by atoms with Gasteiger partial charge in [0, 0.05) is 36.7 Å². The fraction of sp³-hybridized carbons (Fsp3) is 0.476. The summed E-state index contributed by atoms with van der Waals surface area (Å²) in [5.41, 5.74) is 16.6. The van der Waals surface area contributed by atoms with Crippen LogP contribution in [0.4, 0.5) is 0 Å². The highest BCUT2D eigenvalue weighted by Gasteiger charge is 2.43. The molecule has 4 N–H and O–H groups in total. The van der Waals surface area contributed by atoms with Gasteiger partial charge < -0.3 is 5.73 Å². The van der Waals surface area contributed by atoms with Gasteiger partial charge in [-0.3, -0.25) is 14.9 Å². The summed E-state index contributed by atoms with van der Waals surface area (Å²) in [4.78, 5) is 12.3. The Morgan fingerprint density at radius 2 is 2.21 bits per heavy atom. The number of nitriles is 1. The molecule has 2 aliphatic rings. The lowest BCUT2D eigenvalue weighted by Gasteiger charge is -2.43. The van der Waals surface area contributed by atoms with Crippen molar-refractivity contribution in [2.45, 2.75) is 38.1 Å². The first-order chi connectivity index (χ1) is 13.5. The summed E-state index contributed by atoms with van der Waals surface area (Å²) in [7, 11) is 1.92. The fourth-order valence-electron chi connectivity index (χ4n) is 4.90. The van der Waals surface area contributed by atoms with E-state index in [1.54, 1.807) is 0 Å². The van der Waals surface area contributed by atoms with Crippen LogP contribution in [0, 0.1) is 30.1 Å². The molecule has 1 aromatic carbocycles. The summed E-state index contributed by atoms with van der Waals surface area (Å²) in [6.45, 7) is 2.48. The highest BCUT2D eigenvalue weighted by Crippen LogP contribution is 2.44. The second-order valence-electron chi connectivity index (χ2n) is 7.99. The molecule has 28 heavy (non-hydrogen) atoms. The van der Waals surface area contributed by atoms with Crippen molar-refractivity contribution in [2.24, 2.45) is 24.6 Å². The topological polar surface area (TPSA) is 109 Å². The number of hydrazine groups is 1. The Bertz CT molecular complexity index is 943. The van der Waals surface area contributed by atoms with E-state index < -0.39 is 0 Å².